The standard InChI is InChI=1S/C23H30N4O2/c1-5-29-21-13-17(9-10-20(21)28-4)14-27-23(24-3)25-12-11-18-15-26-19-8-6-7-16(2)22(18)19/h6-10,13,15,26H,5,11-12,14H2,1-4H3,(H2,24,25,27). The van der Waals surface area contributed by atoms with Crippen molar-refractivity contribution in [1.29, 1.82) is 0 Å². The highest BCUT2D eigenvalue weighted by molar-refractivity contribution is 5.86. The molecular formula is C23H30N4O2. The number of H-pyrrole nitrogens is 1. The molecule has 0 saturated carbocycles. The van der Waals surface area contributed by atoms with E-state index in [0.717, 1.165) is 36.0 Å². The Hall–Kier alpha value is -3.15. The first-order valence-electron chi connectivity index (χ1n) is 9.96. The van der Waals surface area contributed by atoms with Gasteiger partial charge in [0.05, 0.1) is 13.7 Å². The van der Waals surface area contributed by atoms with E-state index >= 15 is 0 Å². The van der Waals surface area contributed by atoms with Gasteiger partial charge in [-0.15, -0.1) is 0 Å². The molecule has 2 aromatic carbocycles. The quantitative estimate of drug-likeness (QED) is 0.402. The summed E-state index contributed by atoms with van der Waals surface area (Å²) >= 11 is 0. The van der Waals surface area contributed by atoms with Crippen molar-refractivity contribution < 1.29 is 9.47 Å². The second-order valence-corrected chi connectivity index (χ2v) is 6.83. The summed E-state index contributed by atoms with van der Waals surface area (Å²) in [7, 11) is 3.43. The van der Waals surface area contributed by atoms with Gasteiger partial charge >= 0.3 is 0 Å². The summed E-state index contributed by atoms with van der Waals surface area (Å²) in [6.45, 7) is 6.16. The van der Waals surface area contributed by atoms with E-state index in [1.54, 1.807) is 14.2 Å². The number of benzene rings is 2. The van der Waals surface area contributed by atoms with Crippen LogP contribution < -0.4 is 20.1 Å². The lowest BCUT2D eigenvalue weighted by atomic mass is 10.1. The van der Waals surface area contributed by atoms with E-state index in [9.17, 15) is 0 Å². The van der Waals surface area contributed by atoms with Gasteiger partial charge in [-0.2, -0.15) is 0 Å². The molecule has 0 spiro atoms. The van der Waals surface area contributed by atoms with Gasteiger partial charge in [0.1, 0.15) is 0 Å². The smallest absolute Gasteiger partial charge is 0.191 e. The lowest BCUT2D eigenvalue weighted by Crippen LogP contribution is -2.37. The average Bonchev–Trinajstić information content (AvgIpc) is 3.15. The summed E-state index contributed by atoms with van der Waals surface area (Å²) in [5.74, 6) is 2.27. The van der Waals surface area contributed by atoms with Crippen LogP contribution in [-0.2, 0) is 13.0 Å². The van der Waals surface area contributed by atoms with Crippen molar-refractivity contribution in [2.75, 3.05) is 27.3 Å². The second-order valence-electron chi connectivity index (χ2n) is 6.83. The van der Waals surface area contributed by atoms with E-state index in [1.165, 1.54) is 22.0 Å². The molecule has 0 aliphatic carbocycles. The lowest BCUT2D eigenvalue weighted by molar-refractivity contribution is 0.310. The molecule has 1 aromatic heterocycles. The maximum atomic E-state index is 5.65. The van der Waals surface area contributed by atoms with Crippen molar-refractivity contribution in [3.05, 3.63) is 59.3 Å². The summed E-state index contributed by atoms with van der Waals surface area (Å²) in [4.78, 5) is 7.68. The third kappa shape index (κ3) is 5.02. The van der Waals surface area contributed by atoms with E-state index in [-0.39, 0.29) is 0 Å². The molecule has 0 unspecified atom stereocenters. The van der Waals surface area contributed by atoms with Crippen LogP contribution in [0.5, 0.6) is 11.5 Å². The molecule has 154 valence electrons. The molecule has 6 heteroatoms. The normalized spacial score (nSPS) is 11.5. The molecule has 0 saturated heterocycles. The van der Waals surface area contributed by atoms with Crippen LogP contribution in [0.25, 0.3) is 10.9 Å². The first-order valence-corrected chi connectivity index (χ1v) is 9.96. The van der Waals surface area contributed by atoms with Gasteiger partial charge in [-0.1, -0.05) is 18.2 Å². The van der Waals surface area contributed by atoms with Gasteiger partial charge in [-0.3, -0.25) is 4.99 Å². The molecule has 0 aliphatic rings. The number of hydrogen-bond donors (Lipinski definition) is 3. The van der Waals surface area contributed by atoms with Crippen LogP contribution in [-0.4, -0.2) is 38.3 Å². The molecule has 3 N–H and O–H groups in total. The van der Waals surface area contributed by atoms with Crippen LogP contribution in [0.3, 0.4) is 0 Å². The van der Waals surface area contributed by atoms with Crippen LogP contribution in [0.15, 0.2) is 47.6 Å². The van der Waals surface area contributed by atoms with E-state index in [4.69, 9.17) is 9.47 Å². The molecule has 3 rings (SSSR count). The number of fused-ring (bicyclic) bond motifs is 1. The molecule has 0 bridgehead atoms. The van der Waals surface area contributed by atoms with Crippen molar-refractivity contribution in [3.63, 3.8) is 0 Å². The molecule has 0 fully saturated rings. The number of aryl methyl sites for hydroxylation is 1. The van der Waals surface area contributed by atoms with Crippen molar-refractivity contribution in [2.45, 2.75) is 26.8 Å². The first-order chi connectivity index (χ1) is 14.2. The monoisotopic (exact) mass is 394 g/mol. The first kappa shape index (κ1) is 20.6. The average molecular weight is 395 g/mol. The summed E-state index contributed by atoms with van der Waals surface area (Å²) in [6, 6.07) is 12.3. The molecule has 0 radical (unpaired) electrons. The third-order valence-corrected chi connectivity index (χ3v) is 4.89. The zero-order chi connectivity index (χ0) is 20.6. The number of nitrogens with zero attached hydrogens (tertiary/aromatic N) is 1. The number of rotatable bonds is 8. The van der Waals surface area contributed by atoms with Crippen LogP contribution in [0.4, 0.5) is 0 Å². The fourth-order valence-electron chi connectivity index (χ4n) is 3.47. The highest BCUT2D eigenvalue weighted by Crippen LogP contribution is 2.28. The number of aliphatic imine (C=N–C) groups is 1. The number of guanidine groups is 1. The highest BCUT2D eigenvalue weighted by atomic mass is 16.5. The topological polar surface area (TPSA) is 70.7 Å². The Balaban J connectivity index is 1.55. The zero-order valence-corrected chi connectivity index (χ0v) is 17.6. The summed E-state index contributed by atoms with van der Waals surface area (Å²) in [6.07, 6.45) is 3.02. The minimum absolute atomic E-state index is 0.601. The number of methoxy groups -OCH3 is 1. The maximum Gasteiger partial charge on any atom is 0.191 e. The fraction of sp³-hybridized carbons (Fsp3) is 0.348. The molecule has 6 nitrogen and oxygen atoms in total. The Morgan fingerprint density at radius 1 is 1.14 bits per heavy atom. The Bertz CT molecular complexity index is 978. The van der Waals surface area contributed by atoms with Crippen molar-refractivity contribution in [2.24, 2.45) is 4.99 Å². The molecule has 29 heavy (non-hydrogen) atoms. The van der Waals surface area contributed by atoms with Gasteiger partial charge in [0.15, 0.2) is 17.5 Å². The number of aromatic amines is 1. The molecular weight excluding hydrogens is 364 g/mol. The van der Waals surface area contributed by atoms with Crippen molar-refractivity contribution in [3.8, 4) is 11.5 Å². The SMILES string of the molecule is CCOc1cc(CNC(=NC)NCCc2c[nH]c3cccc(C)c23)ccc1OC. The third-order valence-electron chi connectivity index (χ3n) is 4.89. The van der Waals surface area contributed by atoms with Crippen molar-refractivity contribution in [1.82, 2.24) is 15.6 Å². The Kier molecular flexibility index (Phi) is 7.00. The van der Waals surface area contributed by atoms with Gasteiger partial charge in [-0.05, 0) is 55.2 Å². The van der Waals surface area contributed by atoms with E-state index in [2.05, 4.69) is 51.9 Å². The Labute approximate surface area is 172 Å². The van der Waals surface area contributed by atoms with E-state index in [0.29, 0.717) is 13.2 Å². The molecule has 1 heterocycles. The van der Waals surface area contributed by atoms with Crippen LogP contribution in [0.1, 0.15) is 23.6 Å². The molecule has 0 amide bonds. The van der Waals surface area contributed by atoms with Crippen LogP contribution in [0, 0.1) is 6.92 Å². The highest BCUT2D eigenvalue weighted by Gasteiger charge is 2.08. The van der Waals surface area contributed by atoms with Crippen LogP contribution in [0.2, 0.25) is 0 Å². The molecule has 0 atom stereocenters. The zero-order valence-electron chi connectivity index (χ0n) is 17.6. The maximum absolute atomic E-state index is 5.65. The van der Waals surface area contributed by atoms with Gasteiger partial charge < -0.3 is 25.1 Å². The number of ether oxygens (including phenoxy) is 2. The fourth-order valence-corrected chi connectivity index (χ4v) is 3.47. The Morgan fingerprint density at radius 3 is 2.76 bits per heavy atom. The van der Waals surface area contributed by atoms with E-state index in [1.807, 2.05) is 25.1 Å². The van der Waals surface area contributed by atoms with Gasteiger partial charge in [0.25, 0.3) is 0 Å². The van der Waals surface area contributed by atoms with Gasteiger partial charge in [-0.25, -0.2) is 0 Å². The Morgan fingerprint density at radius 2 is 2.00 bits per heavy atom. The second kappa shape index (κ2) is 9.87. The number of hydrogen-bond acceptors (Lipinski definition) is 3. The summed E-state index contributed by atoms with van der Waals surface area (Å²) in [5, 5.41) is 8.07. The predicted octanol–water partition coefficient (Wildman–Crippen LogP) is 3.79. The predicted molar refractivity (Wildman–Crippen MR) is 119 cm³/mol. The van der Waals surface area contributed by atoms with Gasteiger partial charge in [0.2, 0.25) is 0 Å². The van der Waals surface area contributed by atoms with Gasteiger partial charge in [0, 0.05) is 37.2 Å². The molecule has 3 aromatic rings. The van der Waals surface area contributed by atoms with Crippen molar-refractivity contribution >= 4 is 16.9 Å². The number of nitrogens with one attached hydrogen (secondary N) is 3. The van der Waals surface area contributed by atoms with Crippen LogP contribution >= 0.6 is 0 Å². The molecule has 0 aliphatic heterocycles. The summed E-state index contributed by atoms with van der Waals surface area (Å²) < 4.78 is 11.0. The van der Waals surface area contributed by atoms with E-state index < -0.39 is 0 Å². The lowest BCUT2D eigenvalue weighted by Gasteiger charge is -2.14. The summed E-state index contributed by atoms with van der Waals surface area (Å²) in [5.41, 5.74) is 4.90. The largest absolute Gasteiger partial charge is 0.493 e. The minimum atomic E-state index is 0.601. The minimum Gasteiger partial charge on any atom is -0.493 e. The number of aromatic nitrogens is 1.